The van der Waals surface area contributed by atoms with Crippen LogP contribution in [0.1, 0.15) is 19.7 Å². The second-order valence-electron chi connectivity index (χ2n) is 6.30. The van der Waals surface area contributed by atoms with Crippen molar-refractivity contribution in [2.45, 2.75) is 32.2 Å². The molecule has 8 nitrogen and oxygen atoms in total. The second kappa shape index (κ2) is 7.22. The lowest BCUT2D eigenvalue weighted by atomic mass is 10.1. The van der Waals surface area contributed by atoms with Gasteiger partial charge in [-0.15, -0.1) is 0 Å². The zero-order valence-electron chi connectivity index (χ0n) is 14.3. The molecule has 2 N–H and O–H groups in total. The summed E-state index contributed by atoms with van der Waals surface area (Å²) in [5.74, 6) is -1.97. The number of sulfone groups is 1. The highest BCUT2D eigenvalue weighted by molar-refractivity contribution is 7.89. The molecule has 0 saturated carbocycles. The highest BCUT2D eigenvalue weighted by Gasteiger charge is 2.24. The van der Waals surface area contributed by atoms with Crippen molar-refractivity contribution in [1.29, 1.82) is 0 Å². The van der Waals surface area contributed by atoms with Crippen LogP contribution in [0, 0.1) is 5.92 Å². The largest absolute Gasteiger partial charge is 0.480 e. The van der Waals surface area contributed by atoms with Crippen molar-refractivity contribution < 1.29 is 23.1 Å². The van der Waals surface area contributed by atoms with Crippen LogP contribution < -0.4 is 5.32 Å². The van der Waals surface area contributed by atoms with Crippen LogP contribution in [0.4, 0.5) is 0 Å². The number of aromatic nitrogens is 2. The second-order valence-corrected chi connectivity index (χ2v) is 8.44. The molecule has 1 heterocycles. The molecule has 2 aromatic rings. The minimum atomic E-state index is -3.34. The van der Waals surface area contributed by atoms with Gasteiger partial charge in [0.25, 0.3) is 0 Å². The summed E-state index contributed by atoms with van der Waals surface area (Å²) in [6.07, 6.45) is 1.09. The number of hydrogen-bond donors (Lipinski definition) is 2. The molecule has 1 aromatic carbocycles. The first-order chi connectivity index (χ1) is 11.6. The Kier molecular flexibility index (Phi) is 5.46. The van der Waals surface area contributed by atoms with E-state index in [0.29, 0.717) is 11.0 Å². The van der Waals surface area contributed by atoms with E-state index < -0.39 is 27.8 Å². The molecule has 0 bridgehead atoms. The molecule has 0 aliphatic carbocycles. The van der Waals surface area contributed by atoms with E-state index in [1.54, 1.807) is 38.1 Å². The van der Waals surface area contributed by atoms with E-state index in [1.807, 2.05) is 0 Å². The lowest BCUT2D eigenvalue weighted by molar-refractivity contribution is -0.143. The van der Waals surface area contributed by atoms with Gasteiger partial charge in [-0.05, 0) is 18.1 Å². The number of imidazole rings is 1. The van der Waals surface area contributed by atoms with E-state index in [-0.39, 0.29) is 24.0 Å². The number of nitrogens with zero attached hydrogens (tertiary/aromatic N) is 2. The van der Waals surface area contributed by atoms with Gasteiger partial charge in [-0.1, -0.05) is 26.0 Å². The molecule has 0 aliphatic heterocycles. The zero-order valence-corrected chi connectivity index (χ0v) is 15.1. The minimum absolute atomic E-state index is 0.206. The van der Waals surface area contributed by atoms with Crippen molar-refractivity contribution in [2.75, 3.05) is 6.26 Å². The third-order valence-corrected chi connectivity index (χ3v) is 4.46. The number of hydrogen-bond acceptors (Lipinski definition) is 5. The van der Waals surface area contributed by atoms with Crippen LogP contribution in [-0.4, -0.2) is 47.2 Å². The van der Waals surface area contributed by atoms with Crippen LogP contribution in [0.2, 0.25) is 0 Å². The summed E-state index contributed by atoms with van der Waals surface area (Å²) < 4.78 is 24.8. The van der Waals surface area contributed by atoms with Crippen molar-refractivity contribution in [3.63, 3.8) is 0 Å². The highest BCUT2D eigenvalue weighted by Crippen LogP contribution is 2.17. The average molecular weight is 367 g/mol. The number of benzene rings is 1. The molecule has 1 amide bonds. The molecule has 2 rings (SSSR count). The van der Waals surface area contributed by atoms with Gasteiger partial charge in [0.2, 0.25) is 5.91 Å². The standard InChI is InChI=1S/C16H21N3O5S/c1-10(2)15(16(21)22)18-14(20)8-19-12-7-5-4-6-11(12)17-13(19)9-25(3,23)24/h4-7,10,15H,8-9H2,1-3H3,(H,18,20)(H,21,22)/t15-/m0/s1. The van der Waals surface area contributed by atoms with Crippen molar-refractivity contribution in [1.82, 2.24) is 14.9 Å². The monoisotopic (exact) mass is 367 g/mol. The molecule has 1 aromatic heterocycles. The summed E-state index contributed by atoms with van der Waals surface area (Å²) in [7, 11) is -3.34. The molecule has 0 spiro atoms. The van der Waals surface area contributed by atoms with E-state index in [1.165, 1.54) is 4.57 Å². The third kappa shape index (κ3) is 4.79. The van der Waals surface area contributed by atoms with Crippen LogP contribution in [0.25, 0.3) is 11.0 Å². The number of amides is 1. The zero-order chi connectivity index (χ0) is 18.8. The molecule has 1 atom stereocenters. The minimum Gasteiger partial charge on any atom is -0.480 e. The van der Waals surface area contributed by atoms with Crippen LogP contribution in [-0.2, 0) is 31.7 Å². The van der Waals surface area contributed by atoms with Crippen LogP contribution in [0.3, 0.4) is 0 Å². The van der Waals surface area contributed by atoms with Crippen LogP contribution in [0.15, 0.2) is 24.3 Å². The number of rotatable bonds is 7. The van der Waals surface area contributed by atoms with Gasteiger partial charge in [0.15, 0.2) is 9.84 Å². The molecular weight excluding hydrogens is 346 g/mol. The molecular formula is C16H21N3O5S. The number of aliphatic carboxylic acids is 1. The van der Waals surface area contributed by atoms with E-state index in [9.17, 15) is 23.1 Å². The topological polar surface area (TPSA) is 118 Å². The summed E-state index contributed by atoms with van der Waals surface area (Å²) >= 11 is 0. The summed E-state index contributed by atoms with van der Waals surface area (Å²) in [5.41, 5.74) is 1.19. The highest BCUT2D eigenvalue weighted by atomic mass is 32.2. The number of nitrogens with one attached hydrogen (secondary N) is 1. The Morgan fingerprint density at radius 1 is 1.28 bits per heavy atom. The molecule has 0 unspecified atom stereocenters. The predicted octanol–water partition coefficient (Wildman–Crippen LogP) is 0.806. The van der Waals surface area contributed by atoms with Gasteiger partial charge in [-0.25, -0.2) is 18.2 Å². The molecule has 9 heteroatoms. The van der Waals surface area contributed by atoms with E-state index >= 15 is 0 Å². The summed E-state index contributed by atoms with van der Waals surface area (Å²) in [6.45, 7) is 3.18. The lowest BCUT2D eigenvalue weighted by Gasteiger charge is -2.18. The molecule has 25 heavy (non-hydrogen) atoms. The maximum absolute atomic E-state index is 12.3. The predicted molar refractivity (Wildman–Crippen MR) is 92.7 cm³/mol. The van der Waals surface area contributed by atoms with Gasteiger partial charge in [-0.3, -0.25) is 4.79 Å². The first-order valence-electron chi connectivity index (χ1n) is 7.72. The third-order valence-electron chi connectivity index (χ3n) is 3.68. The molecule has 136 valence electrons. The van der Waals surface area contributed by atoms with Gasteiger partial charge in [0, 0.05) is 6.26 Å². The number of carbonyl (C=O) groups is 2. The number of fused-ring (bicyclic) bond motifs is 1. The van der Waals surface area contributed by atoms with Crippen LogP contribution in [0.5, 0.6) is 0 Å². The number of para-hydroxylation sites is 2. The smallest absolute Gasteiger partial charge is 0.326 e. The first-order valence-corrected chi connectivity index (χ1v) is 9.78. The molecule has 0 radical (unpaired) electrons. The van der Waals surface area contributed by atoms with Crippen LogP contribution >= 0.6 is 0 Å². The molecule has 0 saturated heterocycles. The lowest BCUT2D eigenvalue weighted by Crippen LogP contribution is -2.45. The van der Waals surface area contributed by atoms with Crippen molar-refractivity contribution in [2.24, 2.45) is 5.92 Å². The Balaban J connectivity index is 2.34. The van der Waals surface area contributed by atoms with E-state index in [4.69, 9.17) is 0 Å². The summed E-state index contributed by atoms with van der Waals surface area (Å²) in [4.78, 5) is 27.8. The fraction of sp³-hybridized carbons (Fsp3) is 0.438. The molecule has 0 fully saturated rings. The van der Waals surface area contributed by atoms with Crippen molar-refractivity contribution >= 4 is 32.7 Å². The van der Waals surface area contributed by atoms with Gasteiger partial charge < -0.3 is 15.0 Å². The Morgan fingerprint density at radius 3 is 2.48 bits per heavy atom. The van der Waals surface area contributed by atoms with Gasteiger partial charge in [0.1, 0.15) is 24.2 Å². The SMILES string of the molecule is CC(C)[C@H](NC(=O)Cn1c(CS(C)(=O)=O)nc2ccccc21)C(=O)O. The van der Waals surface area contributed by atoms with Gasteiger partial charge in [-0.2, -0.15) is 0 Å². The quantitative estimate of drug-likeness (QED) is 0.747. The number of carboxylic acid groups (broad SMARTS) is 1. The fourth-order valence-electron chi connectivity index (χ4n) is 2.52. The number of carboxylic acids is 1. The Morgan fingerprint density at radius 2 is 1.92 bits per heavy atom. The van der Waals surface area contributed by atoms with E-state index in [0.717, 1.165) is 6.26 Å². The summed E-state index contributed by atoms with van der Waals surface area (Å²) in [5, 5.41) is 11.7. The maximum Gasteiger partial charge on any atom is 0.326 e. The fourth-order valence-corrected chi connectivity index (χ4v) is 3.21. The Hall–Kier alpha value is -2.42. The Labute approximate surface area is 145 Å². The van der Waals surface area contributed by atoms with Crippen molar-refractivity contribution in [3.05, 3.63) is 30.1 Å². The molecule has 0 aliphatic rings. The number of carbonyl (C=O) groups excluding carboxylic acids is 1. The maximum atomic E-state index is 12.3. The van der Waals surface area contributed by atoms with Crippen molar-refractivity contribution in [3.8, 4) is 0 Å². The van der Waals surface area contributed by atoms with Gasteiger partial charge >= 0.3 is 5.97 Å². The van der Waals surface area contributed by atoms with Gasteiger partial charge in [0.05, 0.1) is 11.0 Å². The first kappa shape index (κ1) is 18.9. The Bertz CT molecular complexity index is 902. The summed E-state index contributed by atoms with van der Waals surface area (Å²) in [6, 6.07) is 5.98. The van der Waals surface area contributed by atoms with E-state index in [2.05, 4.69) is 10.3 Å². The normalized spacial score (nSPS) is 13.1. The average Bonchev–Trinajstić information content (AvgIpc) is 2.80.